The van der Waals surface area contributed by atoms with Crippen molar-refractivity contribution < 1.29 is 4.74 Å². The van der Waals surface area contributed by atoms with E-state index in [1.165, 1.54) is 5.56 Å². The summed E-state index contributed by atoms with van der Waals surface area (Å²) in [4.78, 5) is 0. The summed E-state index contributed by atoms with van der Waals surface area (Å²) in [5.74, 6) is 0.946. The third-order valence-electron chi connectivity index (χ3n) is 3.57. The van der Waals surface area contributed by atoms with E-state index in [0.717, 1.165) is 48.0 Å². The summed E-state index contributed by atoms with van der Waals surface area (Å²) in [5.41, 5.74) is 3.43. The van der Waals surface area contributed by atoms with Gasteiger partial charge in [-0.25, -0.2) is 0 Å². The summed E-state index contributed by atoms with van der Waals surface area (Å²) in [6.45, 7) is 7.15. The maximum atomic E-state index is 6.34. The zero-order valence-electron chi connectivity index (χ0n) is 11.3. The molecular weight excluding hydrogens is 248 g/mol. The van der Waals surface area contributed by atoms with Crippen molar-refractivity contribution in [2.24, 2.45) is 0 Å². The molecule has 100 valence electrons. The van der Waals surface area contributed by atoms with Crippen LogP contribution in [-0.2, 0) is 6.42 Å². The largest absolute Gasteiger partial charge is 0.496 e. The fourth-order valence-corrected chi connectivity index (χ4v) is 2.67. The predicted molar refractivity (Wildman–Crippen MR) is 75.8 cm³/mol. The van der Waals surface area contributed by atoms with Crippen molar-refractivity contribution in [3.63, 3.8) is 0 Å². The monoisotopic (exact) mass is 268 g/mol. The van der Waals surface area contributed by atoms with Crippen LogP contribution in [0.2, 0.25) is 5.02 Å². The second-order valence-corrected chi connectivity index (χ2v) is 5.25. The van der Waals surface area contributed by atoms with Crippen LogP contribution in [0, 0.1) is 13.8 Å². The van der Waals surface area contributed by atoms with Gasteiger partial charge in [0.2, 0.25) is 0 Å². The van der Waals surface area contributed by atoms with Crippen molar-refractivity contribution in [3.05, 3.63) is 27.8 Å². The van der Waals surface area contributed by atoms with Crippen LogP contribution in [0.15, 0.2) is 6.07 Å². The first-order valence-corrected chi connectivity index (χ1v) is 6.78. The number of nitrogens with one attached hydrogen (secondary N) is 2. The quantitative estimate of drug-likeness (QED) is 0.881. The lowest BCUT2D eigenvalue weighted by Gasteiger charge is -2.26. The van der Waals surface area contributed by atoms with E-state index >= 15 is 0 Å². The van der Waals surface area contributed by atoms with Crippen LogP contribution in [0.5, 0.6) is 5.75 Å². The molecule has 0 radical (unpaired) electrons. The predicted octanol–water partition coefficient (Wildman–Crippen LogP) is 2.07. The number of hydrogen-bond donors (Lipinski definition) is 2. The molecule has 0 saturated carbocycles. The standard InChI is InChI=1S/C14H21ClN2O/c1-9-6-13(18-3)12(10(2)14(9)15)7-11-8-16-4-5-17-11/h6,11,16-17H,4-5,7-8H2,1-3H3. The number of methoxy groups -OCH3 is 1. The van der Waals surface area contributed by atoms with Crippen LogP contribution in [0.3, 0.4) is 0 Å². The van der Waals surface area contributed by atoms with Crippen LogP contribution in [0.1, 0.15) is 16.7 Å². The minimum Gasteiger partial charge on any atom is -0.496 e. The Kier molecular flexibility index (Phi) is 4.49. The fraction of sp³-hybridized carbons (Fsp3) is 0.571. The molecule has 1 fully saturated rings. The molecule has 0 aromatic heterocycles. The Morgan fingerprint density at radius 1 is 1.39 bits per heavy atom. The van der Waals surface area contributed by atoms with Gasteiger partial charge in [-0.15, -0.1) is 0 Å². The average molecular weight is 269 g/mol. The van der Waals surface area contributed by atoms with Crippen molar-refractivity contribution in [1.29, 1.82) is 0 Å². The number of rotatable bonds is 3. The molecule has 1 aromatic rings. The Hall–Kier alpha value is -0.770. The summed E-state index contributed by atoms with van der Waals surface area (Å²) >= 11 is 6.34. The highest BCUT2D eigenvalue weighted by Crippen LogP contribution is 2.32. The summed E-state index contributed by atoms with van der Waals surface area (Å²) < 4.78 is 5.50. The zero-order chi connectivity index (χ0) is 13.1. The van der Waals surface area contributed by atoms with Gasteiger partial charge in [0, 0.05) is 36.3 Å². The number of hydrogen-bond acceptors (Lipinski definition) is 3. The Balaban J connectivity index is 2.27. The molecule has 1 atom stereocenters. The second-order valence-electron chi connectivity index (χ2n) is 4.87. The molecule has 0 amide bonds. The van der Waals surface area contributed by atoms with Crippen molar-refractivity contribution >= 4 is 11.6 Å². The first-order valence-electron chi connectivity index (χ1n) is 6.40. The smallest absolute Gasteiger partial charge is 0.122 e. The third kappa shape index (κ3) is 2.79. The molecule has 1 saturated heterocycles. The van der Waals surface area contributed by atoms with Gasteiger partial charge in [-0.1, -0.05) is 11.6 Å². The Morgan fingerprint density at radius 2 is 2.17 bits per heavy atom. The topological polar surface area (TPSA) is 33.3 Å². The number of halogens is 1. The second kappa shape index (κ2) is 5.91. The van der Waals surface area contributed by atoms with E-state index in [9.17, 15) is 0 Å². The van der Waals surface area contributed by atoms with Crippen LogP contribution in [-0.4, -0.2) is 32.8 Å². The van der Waals surface area contributed by atoms with Crippen molar-refractivity contribution in [2.75, 3.05) is 26.7 Å². The van der Waals surface area contributed by atoms with Crippen LogP contribution >= 0.6 is 11.6 Å². The Bertz CT molecular complexity index is 428. The van der Waals surface area contributed by atoms with Crippen molar-refractivity contribution in [2.45, 2.75) is 26.3 Å². The summed E-state index contributed by atoms with van der Waals surface area (Å²) in [5, 5.41) is 7.78. The van der Waals surface area contributed by atoms with E-state index in [0.29, 0.717) is 6.04 Å². The van der Waals surface area contributed by atoms with E-state index in [2.05, 4.69) is 17.6 Å². The summed E-state index contributed by atoms with van der Waals surface area (Å²) in [6, 6.07) is 2.48. The molecule has 3 nitrogen and oxygen atoms in total. The molecule has 18 heavy (non-hydrogen) atoms. The van der Waals surface area contributed by atoms with E-state index in [1.54, 1.807) is 7.11 Å². The van der Waals surface area contributed by atoms with E-state index < -0.39 is 0 Å². The fourth-order valence-electron chi connectivity index (χ4n) is 2.50. The van der Waals surface area contributed by atoms with Gasteiger partial charge in [0.25, 0.3) is 0 Å². The molecule has 1 aliphatic rings. The molecular formula is C14H21ClN2O. The van der Waals surface area contributed by atoms with Gasteiger partial charge in [-0.2, -0.15) is 0 Å². The molecule has 2 rings (SSSR count). The molecule has 0 spiro atoms. The lowest BCUT2D eigenvalue weighted by molar-refractivity contribution is 0.390. The van der Waals surface area contributed by atoms with Crippen molar-refractivity contribution in [1.82, 2.24) is 10.6 Å². The Morgan fingerprint density at radius 3 is 2.78 bits per heavy atom. The molecule has 1 unspecified atom stereocenters. The first-order chi connectivity index (χ1) is 8.63. The summed E-state index contributed by atoms with van der Waals surface area (Å²) in [7, 11) is 1.72. The maximum Gasteiger partial charge on any atom is 0.122 e. The SMILES string of the molecule is COc1cc(C)c(Cl)c(C)c1CC1CNCCN1. The lowest BCUT2D eigenvalue weighted by Crippen LogP contribution is -2.49. The van der Waals surface area contributed by atoms with E-state index in [1.807, 2.05) is 13.0 Å². The highest BCUT2D eigenvalue weighted by atomic mass is 35.5. The van der Waals surface area contributed by atoms with Gasteiger partial charge in [-0.05, 0) is 37.5 Å². The molecule has 1 aromatic carbocycles. The van der Waals surface area contributed by atoms with Crippen molar-refractivity contribution in [3.8, 4) is 5.75 Å². The average Bonchev–Trinajstić information content (AvgIpc) is 2.40. The minimum absolute atomic E-state index is 0.449. The van der Waals surface area contributed by atoms with Crippen LogP contribution in [0.4, 0.5) is 0 Å². The number of piperazine rings is 1. The highest BCUT2D eigenvalue weighted by Gasteiger charge is 2.18. The van der Waals surface area contributed by atoms with Gasteiger partial charge in [0.05, 0.1) is 7.11 Å². The van der Waals surface area contributed by atoms with Crippen LogP contribution < -0.4 is 15.4 Å². The number of benzene rings is 1. The molecule has 1 aliphatic heterocycles. The molecule has 0 bridgehead atoms. The minimum atomic E-state index is 0.449. The van der Waals surface area contributed by atoms with Crippen LogP contribution in [0.25, 0.3) is 0 Å². The van der Waals surface area contributed by atoms with Gasteiger partial charge in [0.1, 0.15) is 5.75 Å². The number of aryl methyl sites for hydroxylation is 1. The molecule has 0 aliphatic carbocycles. The van der Waals surface area contributed by atoms with E-state index in [-0.39, 0.29) is 0 Å². The molecule has 2 N–H and O–H groups in total. The highest BCUT2D eigenvalue weighted by molar-refractivity contribution is 6.32. The van der Waals surface area contributed by atoms with Gasteiger partial charge in [-0.3, -0.25) is 0 Å². The summed E-state index contributed by atoms with van der Waals surface area (Å²) in [6.07, 6.45) is 0.946. The van der Waals surface area contributed by atoms with Gasteiger partial charge >= 0.3 is 0 Å². The van der Waals surface area contributed by atoms with Gasteiger partial charge in [0.15, 0.2) is 0 Å². The lowest BCUT2D eigenvalue weighted by atomic mass is 9.97. The maximum absolute atomic E-state index is 6.34. The molecule has 1 heterocycles. The molecule has 4 heteroatoms. The number of ether oxygens (including phenoxy) is 1. The Labute approximate surface area is 114 Å². The van der Waals surface area contributed by atoms with Gasteiger partial charge < -0.3 is 15.4 Å². The third-order valence-corrected chi connectivity index (χ3v) is 4.15. The zero-order valence-corrected chi connectivity index (χ0v) is 12.0. The first kappa shape index (κ1) is 13.7. The normalized spacial score (nSPS) is 19.9. The van der Waals surface area contributed by atoms with E-state index in [4.69, 9.17) is 16.3 Å².